The smallest absolute Gasteiger partial charge is 0.325 e. The predicted octanol–water partition coefficient (Wildman–Crippen LogP) is 1.59. The van der Waals surface area contributed by atoms with E-state index in [-0.39, 0.29) is 6.01 Å². The molecule has 1 rings (SSSR count). The van der Waals surface area contributed by atoms with Crippen molar-refractivity contribution >= 4 is 11.5 Å². The molecule has 0 saturated carbocycles. The van der Waals surface area contributed by atoms with Gasteiger partial charge < -0.3 is 5.11 Å². The maximum absolute atomic E-state index is 8.74. The number of aromatic nitrogens is 2. The van der Waals surface area contributed by atoms with Crippen molar-refractivity contribution in [3.8, 4) is 6.01 Å². The third-order valence-corrected chi connectivity index (χ3v) is 1.96. The Morgan fingerprint density at radius 2 is 2.40 bits per heavy atom. The Morgan fingerprint density at radius 1 is 1.60 bits per heavy atom. The van der Waals surface area contributed by atoms with Crippen LogP contribution in [0.25, 0.3) is 0 Å². The number of hydrogen-bond donors (Lipinski definition) is 1. The van der Waals surface area contributed by atoms with Gasteiger partial charge in [-0.25, -0.2) is 0 Å². The summed E-state index contributed by atoms with van der Waals surface area (Å²) in [7, 11) is 0. The number of aromatic hydroxyl groups is 1. The summed E-state index contributed by atoms with van der Waals surface area (Å²) in [6.07, 6.45) is 3.21. The second-order valence-electron chi connectivity index (χ2n) is 2.09. The van der Waals surface area contributed by atoms with Crippen LogP contribution in [0.1, 0.15) is 24.8 Å². The number of aryl methyl sites for hydroxylation is 1. The molecule has 0 saturated heterocycles. The predicted molar refractivity (Wildman–Crippen MR) is 40.2 cm³/mol. The molecule has 0 aliphatic rings. The summed E-state index contributed by atoms with van der Waals surface area (Å²) in [5, 5.41) is 9.67. The van der Waals surface area contributed by atoms with Gasteiger partial charge in [-0.05, 0) is 18.0 Å². The molecule has 0 bridgehead atoms. The van der Waals surface area contributed by atoms with Gasteiger partial charge in [0.15, 0.2) is 0 Å². The van der Waals surface area contributed by atoms with E-state index in [0.29, 0.717) is 0 Å². The average molecular weight is 158 g/mol. The first-order valence-electron chi connectivity index (χ1n) is 3.34. The Labute approximate surface area is 63.9 Å². The van der Waals surface area contributed by atoms with Crippen LogP contribution in [0.2, 0.25) is 0 Å². The summed E-state index contributed by atoms with van der Waals surface area (Å²) in [5.41, 5.74) is 0. The third kappa shape index (κ3) is 1.95. The lowest BCUT2D eigenvalue weighted by molar-refractivity contribution is 0.437. The van der Waals surface area contributed by atoms with Crippen molar-refractivity contribution in [2.75, 3.05) is 0 Å². The van der Waals surface area contributed by atoms with Crippen molar-refractivity contribution in [2.45, 2.75) is 26.2 Å². The van der Waals surface area contributed by atoms with Gasteiger partial charge in [-0.3, -0.25) is 0 Å². The van der Waals surface area contributed by atoms with Crippen LogP contribution in [0.5, 0.6) is 6.01 Å². The molecule has 1 aromatic heterocycles. The first-order valence-corrected chi connectivity index (χ1v) is 4.12. The van der Waals surface area contributed by atoms with Gasteiger partial charge in [0.1, 0.15) is 5.01 Å². The van der Waals surface area contributed by atoms with E-state index in [9.17, 15) is 0 Å². The molecule has 0 unspecified atom stereocenters. The molecule has 1 aromatic rings. The molecule has 4 heteroatoms. The van der Waals surface area contributed by atoms with Crippen LogP contribution < -0.4 is 0 Å². The fraction of sp³-hybridized carbons (Fsp3) is 0.667. The average Bonchev–Trinajstić information content (AvgIpc) is 2.31. The normalized spacial score (nSPS) is 10.1. The summed E-state index contributed by atoms with van der Waals surface area (Å²) in [6.45, 7) is 2.13. The quantitative estimate of drug-likeness (QED) is 0.726. The molecule has 3 nitrogen and oxygen atoms in total. The Kier molecular flexibility index (Phi) is 2.62. The molecule has 1 heterocycles. The molecule has 0 amide bonds. The fourth-order valence-electron chi connectivity index (χ4n) is 0.675. The van der Waals surface area contributed by atoms with Crippen LogP contribution in [0, 0.1) is 0 Å². The molecular formula is C6H10N2OS. The van der Waals surface area contributed by atoms with Gasteiger partial charge >= 0.3 is 6.01 Å². The molecule has 10 heavy (non-hydrogen) atoms. The van der Waals surface area contributed by atoms with E-state index in [1.165, 1.54) is 11.5 Å². The van der Waals surface area contributed by atoms with Crippen molar-refractivity contribution in [2.24, 2.45) is 0 Å². The van der Waals surface area contributed by atoms with Crippen LogP contribution in [0.15, 0.2) is 0 Å². The maximum atomic E-state index is 8.74. The molecule has 0 aliphatic heterocycles. The largest absolute Gasteiger partial charge is 0.478 e. The molecule has 0 radical (unpaired) electrons. The van der Waals surface area contributed by atoms with Gasteiger partial charge in [0.25, 0.3) is 0 Å². The summed E-state index contributed by atoms with van der Waals surface area (Å²) in [6, 6.07) is -0.0869. The van der Waals surface area contributed by atoms with Crippen LogP contribution in [-0.2, 0) is 6.42 Å². The van der Waals surface area contributed by atoms with Gasteiger partial charge in [0.05, 0.1) is 0 Å². The first kappa shape index (κ1) is 7.47. The van der Waals surface area contributed by atoms with Crippen molar-refractivity contribution < 1.29 is 5.11 Å². The standard InChI is InChI=1S/C6H10N2OS/c1-2-3-4-5-7-6(9)8-10-5/h2-4H2,1H3,(H,8,9). The van der Waals surface area contributed by atoms with Crippen molar-refractivity contribution in [1.29, 1.82) is 0 Å². The highest BCUT2D eigenvalue weighted by atomic mass is 32.1. The van der Waals surface area contributed by atoms with Gasteiger partial charge in [-0.2, -0.15) is 4.98 Å². The fourth-order valence-corrected chi connectivity index (χ4v) is 1.26. The molecule has 0 aliphatic carbocycles. The Morgan fingerprint density at radius 3 is 2.90 bits per heavy atom. The highest BCUT2D eigenvalue weighted by molar-refractivity contribution is 7.05. The SMILES string of the molecule is CCCCc1nc(O)ns1. The summed E-state index contributed by atoms with van der Waals surface area (Å²) in [4.78, 5) is 3.81. The molecule has 1 N–H and O–H groups in total. The van der Waals surface area contributed by atoms with Crippen LogP contribution in [0.3, 0.4) is 0 Å². The van der Waals surface area contributed by atoms with E-state index in [1.807, 2.05) is 0 Å². The van der Waals surface area contributed by atoms with Crippen molar-refractivity contribution in [3.05, 3.63) is 5.01 Å². The minimum atomic E-state index is -0.0869. The minimum Gasteiger partial charge on any atom is -0.478 e. The molecule has 0 atom stereocenters. The van der Waals surface area contributed by atoms with Crippen molar-refractivity contribution in [3.63, 3.8) is 0 Å². The van der Waals surface area contributed by atoms with Crippen LogP contribution in [0.4, 0.5) is 0 Å². The summed E-state index contributed by atoms with van der Waals surface area (Å²) in [5.74, 6) is 0. The Balaban J connectivity index is 2.42. The Hall–Kier alpha value is -0.640. The van der Waals surface area contributed by atoms with E-state index in [4.69, 9.17) is 5.11 Å². The number of unbranched alkanes of at least 4 members (excludes halogenated alkanes) is 1. The first-order chi connectivity index (χ1) is 4.83. The van der Waals surface area contributed by atoms with Crippen molar-refractivity contribution in [1.82, 2.24) is 9.36 Å². The van der Waals surface area contributed by atoms with Gasteiger partial charge in [-0.15, -0.1) is 4.37 Å². The lowest BCUT2D eigenvalue weighted by Crippen LogP contribution is -1.80. The maximum Gasteiger partial charge on any atom is 0.325 e. The minimum absolute atomic E-state index is 0.0869. The van der Waals surface area contributed by atoms with E-state index >= 15 is 0 Å². The van der Waals surface area contributed by atoms with Gasteiger partial charge in [-0.1, -0.05) is 13.3 Å². The number of hydrogen-bond acceptors (Lipinski definition) is 4. The molecule has 0 aromatic carbocycles. The monoisotopic (exact) mass is 158 g/mol. The second-order valence-corrected chi connectivity index (χ2v) is 2.93. The van der Waals surface area contributed by atoms with E-state index < -0.39 is 0 Å². The van der Waals surface area contributed by atoms with Gasteiger partial charge in [0.2, 0.25) is 0 Å². The molecule has 0 fully saturated rings. The second kappa shape index (κ2) is 3.51. The highest BCUT2D eigenvalue weighted by Gasteiger charge is 1.99. The highest BCUT2D eigenvalue weighted by Crippen LogP contribution is 2.11. The van der Waals surface area contributed by atoms with E-state index in [1.54, 1.807) is 0 Å². The van der Waals surface area contributed by atoms with Crippen LogP contribution in [-0.4, -0.2) is 14.5 Å². The number of nitrogens with zero attached hydrogens (tertiary/aromatic N) is 2. The summed E-state index contributed by atoms with van der Waals surface area (Å²) < 4.78 is 3.66. The van der Waals surface area contributed by atoms with E-state index in [0.717, 1.165) is 24.3 Å². The van der Waals surface area contributed by atoms with Crippen LogP contribution >= 0.6 is 11.5 Å². The third-order valence-electron chi connectivity index (χ3n) is 1.20. The molecule has 56 valence electrons. The topological polar surface area (TPSA) is 46.0 Å². The zero-order valence-corrected chi connectivity index (χ0v) is 6.69. The van der Waals surface area contributed by atoms with Gasteiger partial charge in [0, 0.05) is 6.42 Å². The van der Waals surface area contributed by atoms with E-state index in [2.05, 4.69) is 16.3 Å². The molecular weight excluding hydrogens is 148 g/mol. The zero-order chi connectivity index (χ0) is 7.40. The molecule has 0 spiro atoms. The summed E-state index contributed by atoms with van der Waals surface area (Å²) >= 11 is 1.28. The Bertz CT molecular complexity index is 199. The zero-order valence-electron chi connectivity index (χ0n) is 5.87. The lowest BCUT2D eigenvalue weighted by Gasteiger charge is -1.87. The lowest BCUT2D eigenvalue weighted by atomic mass is 10.3. The number of rotatable bonds is 3.